The first-order chi connectivity index (χ1) is 9.94. The minimum Gasteiger partial charge on any atom is -0.481 e. The molecule has 21 heavy (non-hydrogen) atoms. The molecule has 0 bridgehead atoms. The van der Waals surface area contributed by atoms with Crippen molar-refractivity contribution in [2.45, 2.75) is 50.7 Å². The first kappa shape index (κ1) is 13.3. The van der Waals surface area contributed by atoms with Gasteiger partial charge in [0.2, 0.25) is 0 Å². The van der Waals surface area contributed by atoms with Gasteiger partial charge in [-0.3, -0.25) is 4.79 Å². The number of nitrogens with zero attached hydrogens (tertiary/aromatic N) is 1. The number of hydrogen-bond acceptors (Lipinski definition) is 3. The van der Waals surface area contributed by atoms with Crippen LogP contribution in [0.1, 0.15) is 36.5 Å². The first-order valence-corrected chi connectivity index (χ1v) is 7.93. The van der Waals surface area contributed by atoms with Crippen LogP contribution < -0.4 is 4.74 Å². The maximum atomic E-state index is 12.5. The molecule has 3 heteroatoms. The van der Waals surface area contributed by atoms with Crippen molar-refractivity contribution >= 4 is 5.78 Å². The number of carbonyl (C=O) groups is 1. The van der Waals surface area contributed by atoms with Crippen molar-refractivity contribution in [1.82, 2.24) is 4.90 Å². The summed E-state index contributed by atoms with van der Waals surface area (Å²) in [7, 11) is 4.32. The number of benzene rings is 1. The van der Waals surface area contributed by atoms with Crippen LogP contribution in [0, 0.1) is 12.8 Å². The Labute approximate surface area is 126 Å². The highest BCUT2D eigenvalue weighted by Crippen LogP contribution is 2.58. The van der Waals surface area contributed by atoms with E-state index in [4.69, 9.17) is 4.74 Å². The van der Waals surface area contributed by atoms with Gasteiger partial charge in [-0.2, -0.15) is 0 Å². The molecule has 1 aromatic rings. The van der Waals surface area contributed by atoms with Crippen molar-refractivity contribution in [2.75, 3.05) is 14.1 Å². The third-order valence-corrected chi connectivity index (χ3v) is 6.08. The molecule has 0 N–H and O–H groups in total. The predicted molar refractivity (Wildman–Crippen MR) is 81.9 cm³/mol. The zero-order valence-corrected chi connectivity index (χ0v) is 13.3. The molecule has 3 aliphatic rings. The summed E-state index contributed by atoms with van der Waals surface area (Å²) in [5.41, 5.74) is 3.74. The molecule has 0 amide bonds. The van der Waals surface area contributed by atoms with Crippen molar-refractivity contribution in [1.29, 1.82) is 0 Å². The molecule has 0 saturated heterocycles. The van der Waals surface area contributed by atoms with Crippen molar-refractivity contribution in [3.8, 4) is 5.75 Å². The van der Waals surface area contributed by atoms with Crippen molar-refractivity contribution in [3.05, 3.63) is 28.8 Å². The Morgan fingerprint density at radius 2 is 2.10 bits per heavy atom. The van der Waals surface area contributed by atoms with Gasteiger partial charge in [-0.05, 0) is 50.9 Å². The molecule has 0 radical (unpaired) electrons. The van der Waals surface area contributed by atoms with Crippen LogP contribution in [0.3, 0.4) is 0 Å². The van der Waals surface area contributed by atoms with Crippen molar-refractivity contribution in [2.24, 2.45) is 5.92 Å². The van der Waals surface area contributed by atoms with Gasteiger partial charge in [0.05, 0.1) is 0 Å². The molecule has 4 rings (SSSR count). The Morgan fingerprint density at radius 3 is 2.81 bits per heavy atom. The second-order valence-corrected chi connectivity index (χ2v) is 7.37. The molecular weight excluding hydrogens is 262 g/mol. The fourth-order valence-corrected chi connectivity index (χ4v) is 5.02. The van der Waals surface area contributed by atoms with Crippen LogP contribution in [-0.2, 0) is 16.6 Å². The maximum Gasteiger partial charge on any atom is 0.174 e. The molecule has 2 aliphatic carbocycles. The lowest BCUT2D eigenvalue weighted by atomic mass is 9.55. The van der Waals surface area contributed by atoms with Gasteiger partial charge in [-0.25, -0.2) is 0 Å². The van der Waals surface area contributed by atoms with Gasteiger partial charge in [-0.15, -0.1) is 0 Å². The lowest BCUT2D eigenvalue weighted by Gasteiger charge is -2.50. The first-order valence-electron chi connectivity index (χ1n) is 7.93. The fraction of sp³-hybridized carbons (Fsp3) is 0.611. The van der Waals surface area contributed by atoms with Crippen LogP contribution in [0.2, 0.25) is 0 Å². The number of likely N-dealkylation sites (N-methyl/N-ethyl adjacent to an activating group) is 1. The lowest BCUT2D eigenvalue weighted by molar-refractivity contribution is -0.133. The quantitative estimate of drug-likeness (QED) is 0.794. The molecule has 1 aromatic carbocycles. The van der Waals surface area contributed by atoms with Gasteiger partial charge in [0.1, 0.15) is 5.75 Å². The van der Waals surface area contributed by atoms with Crippen LogP contribution in [0.15, 0.2) is 12.1 Å². The van der Waals surface area contributed by atoms with E-state index >= 15 is 0 Å². The molecule has 3 nitrogen and oxygen atoms in total. The van der Waals surface area contributed by atoms with Crippen LogP contribution in [0.25, 0.3) is 0 Å². The summed E-state index contributed by atoms with van der Waals surface area (Å²) in [6.45, 7) is 4.36. The molecule has 1 aliphatic heterocycles. The minimum absolute atomic E-state index is 0.140. The topological polar surface area (TPSA) is 29.5 Å². The van der Waals surface area contributed by atoms with Gasteiger partial charge >= 0.3 is 0 Å². The van der Waals surface area contributed by atoms with Crippen LogP contribution in [0.4, 0.5) is 0 Å². The summed E-state index contributed by atoms with van der Waals surface area (Å²) in [5.74, 6) is 1.79. The summed E-state index contributed by atoms with van der Waals surface area (Å²) in [5, 5.41) is 0. The standard InChI is InChI=1S/C18H23NO2/c1-10-5-6-11-9-13(19(3)4)12-7-8-14(20)17-18(12,2)15(11)16(10)21-17/h5-6,12-13,17H,7-9H2,1-4H3/t12?,13-,17+,18+/m1/s1. The average Bonchev–Trinajstić information content (AvgIpc) is 2.76. The molecule has 112 valence electrons. The van der Waals surface area contributed by atoms with Crippen LogP contribution >= 0.6 is 0 Å². The molecule has 0 spiro atoms. The lowest BCUT2D eigenvalue weighted by Crippen LogP contribution is -2.59. The zero-order valence-electron chi connectivity index (χ0n) is 13.3. The zero-order chi connectivity index (χ0) is 14.9. The highest BCUT2D eigenvalue weighted by Gasteiger charge is 2.61. The SMILES string of the molecule is Cc1ccc2c3c1O[C@H]1C(=O)CCC([C@H](N(C)C)C2)[C@@]31C. The Balaban J connectivity index is 1.98. The number of hydrogen-bond donors (Lipinski definition) is 0. The summed E-state index contributed by atoms with van der Waals surface area (Å²) >= 11 is 0. The van der Waals surface area contributed by atoms with E-state index in [-0.39, 0.29) is 17.3 Å². The van der Waals surface area contributed by atoms with E-state index in [0.29, 0.717) is 18.4 Å². The molecule has 1 saturated carbocycles. The Kier molecular flexibility index (Phi) is 2.60. The second kappa shape index (κ2) is 4.10. The summed E-state index contributed by atoms with van der Waals surface area (Å²) in [6.07, 6.45) is 2.46. The van der Waals surface area contributed by atoms with Gasteiger partial charge in [-0.1, -0.05) is 19.1 Å². The van der Waals surface area contributed by atoms with Crippen LogP contribution in [-0.4, -0.2) is 36.9 Å². The molecule has 4 atom stereocenters. The highest BCUT2D eigenvalue weighted by molar-refractivity contribution is 5.88. The highest BCUT2D eigenvalue weighted by atomic mass is 16.5. The van der Waals surface area contributed by atoms with E-state index in [2.05, 4.69) is 45.0 Å². The summed E-state index contributed by atoms with van der Waals surface area (Å²) < 4.78 is 6.21. The number of ether oxygens (including phenoxy) is 1. The number of aryl methyl sites for hydroxylation is 1. The Hall–Kier alpha value is -1.35. The fourth-order valence-electron chi connectivity index (χ4n) is 5.02. The molecule has 1 fully saturated rings. The smallest absolute Gasteiger partial charge is 0.174 e. The van der Waals surface area contributed by atoms with Gasteiger partial charge < -0.3 is 9.64 Å². The second-order valence-electron chi connectivity index (χ2n) is 7.37. The number of Topliss-reactive ketones (excluding diaryl/α,β-unsaturated/α-hetero) is 1. The summed E-state index contributed by atoms with van der Waals surface area (Å²) in [6, 6.07) is 4.89. The minimum atomic E-state index is -0.270. The monoisotopic (exact) mass is 285 g/mol. The van der Waals surface area contributed by atoms with E-state index in [1.54, 1.807) is 0 Å². The third kappa shape index (κ3) is 1.50. The van der Waals surface area contributed by atoms with Gasteiger partial charge in [0.15, 0.2) is 11.9 Å². The van der Waals surface area contributed by atoms with Crippen molar-refractivity contribution < 1.29 is 9.53 Å². The number of rotatable bonds is 1. The number of carbonyl (C=O) groups excluding carboxylic acids is 1. The van der Waals surface area contributed by atoms with Crippen molar-refractivity contribution in [3.63, 3.8) is 0 Å². The molecule has 0 aromatic heterocycles. The van der Waals surface area contributed by atoms with E-state index in [1.165, 1.54) is 16.7 Å². The Morgan fingerprint density at radius 1 is 1.33 bits per heavy atom. The molecule has 1 unspecified atom stereocenters. The van der Waals surface area contributed by atoms with Crippen LogP contribution in [0.5, 0.6) is 5.75 Å². The van der Waals surface area contributed by atoms with E-state index in [1.807, 2.05) is 0 Å². The Bertz CT molecular complexity index is 636. The van der Waals surface area contributed by atoms with E-state index in [9.17, 15) is 4.79 Å². The average molecular weight is 285 g/mol. The largest absolute Gasteiger partial charge is 0.481 e. The normalized spacial score (nSPS) is 36.6. The number of ketones is 1. The third-order valence-electron chi connectivity index (χ3n) is 6.08. The van der Waals surface area contributed by atoms with E-state index in [0.717, 1.165) is 18.6 Å². The summed E-state index contributed by atoms with van der Waals surface area (Å²) in [4.78, 5) is 14.8. The van der Waals surface area contributed by atoms with Gasteiger partial charge in [0.25, 0.3) is 0 Å². The van der Waals surface area contributed by atoms with E-state index < -0.39 is 0 Å². The van der Waals surface area contributed by atoms with Gasteiger partial charge in [0, 0.05) is 23.4 Å². The molecule has 1 heterocycles. The predicted octanol–water partition coefficient (Wildman–Crippen LogP) is 2.48. The maximum absolute atomic E-state index is 12.5. The molecular formula is C18H23NO2.